The van der Waals surface area contributed by atoms with Gasteiger partial charge in [-0.25, -0.2) is 9.80 Å². The number of benzene rings is 3. The minimum Gasteiger partial charge on any atom is -0.497 e. The summed E-state index contributed by atoms with van der Waals surface area (Å²) >= 11 is 1.23. The lowest BCUT2D eigenvalue weighted by Crippen LogP contribution is -2.25. The van der Waals surface area contributed by atoms with Gasteiger partial charge in [0.25, 0.3) is 5.91 Å². The van der Waals surface area contributed by atoms with E-state index in [1.807, 2.05) is 48.5 Å². The number of nitrogens with one attached hydrogen (secondary N) is 1. The Kier molecular flexibility index (Phi) is 8.87. The molecule has 216 valence electrons. The highest BCUT2D eigenvalue weighted by atomic mass is 32.2. The molecule has 0 spiro atoms. The second-order valence-corrected chi connectivity index (χ2v) is 10.7. The Bertz CT molecular complexity index is 1520. The number of amidine groups is 1. The summed E-state index contributed by atoms with van der Waals surface area (Å²) in [6, 6.07) is 21.6. The number of rotatable bonds is 9. The molecule has 0 saturated carbocycles. The first-order valence-electron chi connectivity index (χ1n) is 13.4. The van der Waals surface area contributed by atoms with Gasteiger partial charge in [-0.3, -0.25) is 9.59 Å². The third-order valence-electron chi connectivity index (χ3n) is 6.81. The molecule has 2 heterocycles. The molecule has 0 bridgehead atoms. The molecule has 5 rings (SSSR count). The van der Waals surface area contributed by atoms with Gasteiger partial charge < -0.3 is 19.5 Å². The number of thioether (sulfide) groups is 1. The molecule has 0 radical (unpaired) electrons. The first-order chi connectivity index (χ1) is 20.4. The molecule has 11 heteroatoms. The van der Waals surface area contributed by atoms with E-state index < -0.39 is 11.2 Å². The lowest BCUT2D eigenvalue weighted by molar-refractivity contribution is -0.121. The number of hydrazone groups is 1. The Morgan fingerprint density at radius 2 is 1.60 bits per heavy atom. The summed E-state index contributed by atoms with van der Waals surface area (Å²) in [4.78, 5) is 41.9. The number of anilines is 1. The summed E-state index contributed by atoms with van der Waals surface area (Å²) in [7, 11) is 3.24. The van der Waals surface area contributed by atoms with E-state index in [1.54, 1.807) is 50.4 Å². The van der Waals surface area contributed by atoms with Crippen molar-refractivity contribution in [1.82, 2.24) is 5.01 Å². The van der Waals surface area contributed by atoms with E-state index in [0.717, 1.165) is 28.3 Å². The van der Waals surface area contributed by atoms with Crippen LogP contribution in [-0.2, 0) is 14.3 Å². The summed E-state index contributed by atoms with van der Waals surface area (Å²) in [5.41, 5.74) is 3.68. The first-order valence-corrected chi connectivity index (χ1v) is 14.3. The summed E-state index contributed by atoms with van der Waals surface area (Å²) in [5.74, 6) is 0.337. The van der Waals surface area contributed by atoms with Crippen LogP contribution in [0.4, 0.5) is 5.69 Å². The van der Waals surface area contributed by atoms with Crippen LogP contribution in [0, 0.1) is 0 Å². The van der Waals surface area contributed by atoms with Crippen LogP contribution in [0.5, 0.6) is 11.5 Å². The largest absolute Gasteiger partial charge is 0.497 e. The number of hydrogen-bond donors (Lipinski definition) is 1. The van der Waals surface area contributed by atoms with Crippen molar-refractivity contribution in [2.45, 2.75) is 31.1 Å². The van der Waals surface area contributed by atoms with Crippen LogP contribution in [0.1, 0.15) is 47.3 Å². The van der Waals surface area contributed by atoms with Gasteiger partial charge in [-0.1, -0.05) is 23.9 Å². The van der Waals surface area contributed by atoms with Crippen LogP contribution >= 0.6 is 11.8 Å². The van der Waals surface area contributed by atoms with E-state index in [0.29, 0.717) is 22.8 Å². The highest BCUT2D eigenvalue weighted by Crippen LogP contribution is 2.39. The maximum absolute atomic E-state index is 12.9. The number of carbonyl (C=O) groups excluding carboxylic acids is 3. The predicted molar refractivity (Wildman–Crippen MR) is 161 cm³/mol. The van der Waals surface area contributed by atoms with E-state index in [4.69, 9.17) is 19.3 Å². The molecule has 2 amide bonds. The topological polar surface area (TPSA) is 119 Å². The number of ether oxygens (including phenoxy) is 3. The Labute approximate surface area is 247 Å². The number of carbonyl (C=O) groups is 3. The van der Waals surface area contributed by atoms with E-state index in [9.17, 15) is 14.4 Å². The number of aliphatic imine (C=N–C) groups is 1. The molecule has 42 heavy (non-hydrogen) atoms. The Hall–Kier alpha value is -4.64. The van der Waals surface area contributed by atoms with Crippen LogP contribution in [0.2, 0.25) is 0 Å². The van der Waals surface area contributed by atoms with Gasteiger partial charge in [-0.2, -0.15) is 10.1 Å². The minimum atomic E-state index is -0.685. The lowest BCUT2D eigenvalue weighted by Gasteiger charge is -2.23. The van der Waals surface area contributed by atoms with E-state index in [-0.39, 0.29) is 30.9 Å². The van der Waals surface area contributed by atoms with Crippen molar-refractivity contribution in [2.75, 3.05) is 26.1 Å². The maximum atomic E-state index is 12.9. The normalized spacial score (nSPS) is 17.9. The molecule has 3 aromatic rings. The highest BCUT2D eigenvalue weighted by Gasteiger charge is 2.39. The average Bonchev–Trinajstić information content (AvgIpc) is 3.61. The fraction of sp³-hybridized carbons (Fsp3) is 0.258. The molecule has 2 aliphatic heterocycles. The summed E-state index contributed by atoms with van der Waals surface area (Å²) in [6.07, 6.45) is 0.533. The number of hydrogen-bond acceptors (Lipinski definition) is 9. The van der Waals surface area contributed by atoms with Gasteiger partial charge in [-0.05, 0) is 78.7 Å². The van der Waals surface area contributed by atoms with E-state index in [1.165, 1.54) is 11.8 Å². The SMILES string of the molecule is CCOC(=O)c1ccc(NC(=O)CC2SC(N3N=C(c4ccc(OC)cc4)CC3c3ccc(OC)cc3)=NC2=O)cc1. The standard InChI is InChI=1S/C31H30N4O6S/c1-4-41-30(38)21-5-11-22(12-6-21)32-28(36)18-27-29(37)33-31(42-27)35-26(20-9-15-24(40-3)16-10-20)17-25(34-35)19-7-13-23(39-2)14-8-19/h5-16,26-27H,4,17-18H2,1-3H3,(H,32,36). The lowest BCUT2D eigenvalue weighted by atomic mass is 9.98. The van der Waals surface area contributed by atoms with Gasteiger partial charge in [0.15, 0.2) is 5.17 Å². The van der Waals surface area contributed by atoms with Crippen molar-refractivity contribution in [1.29, 1.82) is 0 Å². The smallest absolute Gasteiger partial charge is 0.338 e. The Morgan fingerprint density at radius 3 is 2.21 bits per heavy atom. The second kappa shape index (κ2) is 12.9. The molecule has 0 aliphatic carbocycles. The molecule has 3 aromatic carbocycles. The number of esters is 1. The summed E-state index contributed by atoms with van der Waals surface area (Å²) in [6.45, 7) is 2.01. The van der Waals surface area contributed by atoms with Gasteiger partial charge in [-0.15, -0.1) is 0 Å². The van der Waals surface area contributed by atoms with Gasteiger partial charge >= 0.3 is 5.97 Å². The van der Waals surface area contributed by atoms with Gasteiger partial charge in [0.05, 0.1) is 38.1 Å². The highest BCUT2D eigenvalue weighted by molar-refractivity contribution is 8.15. The van der Waals surface area contributed by atoms with Crippen molar-refractivity contribution >= 4 is 46.1 Å². The maximum Gasteiger partial charge on any atom is 0.338 e. The quantitative estimate of drug-likeness (QED) is 0.346. The molecule has 2 unspecified atom stereocenters. The number of nitrogens with zero attached hydrogens (tertiary/aromatic N) is 3. The van der Waals surface area contributed by atoms with Crippen LogP contribution in [0.3, 0.4) is 0 Å². The number of amides is 2. The third-order valence-corrected chi connectivity index (χ3v) is 7.95. The Morgan fingerprint density at radius 1 is 0.952 bits per heavy atom. The number of methoxy groups -OCH3 is 2. The molecule has 2 atom stereocenters. The van der Waals surface area contributed by atoms with Crippen LogP contribution in [-0.4, -0.2) is 59.7 Å². The van der Waals surface area contributed by atoms with Crippen LogP contribution in [0.25, 0.3) is 0 Å². The van der Waals surface area contributed by atoms with Crippen molar-refractivity contribution in [3.8, 4) is 11.5 Å². The molecule has 1 N–H and O–H groups in total. The average molecular weight is 587 g/mol. The zero-order valence-electron chi connectivity index (χ0n) is 23.4. The van der Waals surface area contributed by atoms with Gasteiger partial charge in [0.1, 0.15) is 16.7 Å². The molecule has 0 aromatic heterocycles. The van der Waals surface area contributed by atoms with Gasteiger partial charge in [0, 0.05) is 18.5 Å². The zero-order chi connectivity index (χ0) is 29.6. The van der Waals surface area contributed by atoms with Crippen LogP contribution in [0.15, 0.2) is 82.9 Å². The van der Waals surface area contributed by atoms with E-state index in [2.05, 4.69) is 10.3 Å². The fourth-order valence-electron chi connectivity index (χ4n) is 4.62. The monoisotopic (exact) mass is 586 g/mol. The predicted octanol–water partition coefficient (Wildman–Crippen LogP) is 5.06. The van der Waals surface area contributed by atoms with Crippen molar-refractivity contribution in [3.63, 3.8) is 0 Å². The zero-order valence-corrected chi connectivity index (χ0v) is 24.2. The summed E-state index contributed by atoms with van der Waals surface area (Å²) in [5, 5.41) is 9.20. The second-order valence-electron chi connectivity index (χ2n) is 9.50. The first kappa shape index (κ1) is 28.9. The fourth-order valence-corrected chi connectivity index (χ4v) is 5.68. The van der Waals surface area contributed by atoms with Gasteiger partial charge in [0.2, 0.25) is 5.91 Å². The third kappa shape index (κ3) is 6.46. The van der Waals surface area contributed by atoms with Crippen LogP contribution < -0.4 is 14.8 Å². The summed E-state index contributed by atoms with van der Waals surface area (Å²) < 4.78 is 15.6. The molecule has 0 saturated heterocycles. The molecule has 10 nitrogen and oxygen atoms in total. The molecular formula is C31H30N4O6S. The Balaban J connectivity index is 1.30. The molecule has 2 aliphatic rings. The van der Waals surface area contributed by atoms with Crippen molar-refractivity contribution in [2.24, 2.45) is 10.1 Å². The van der Waals surface area contributed by atoms with Crippen molar-refractivity contribution < 1.29 is 28.6 Å². The molecule has 0 fully saturated rings. The van der Waals surface area contributed by atoms with Crippen molar-refractivity contribution in [3.05, 3.63) is 89.5 Å². The minimum absolute atomic E-state index is 0.0633. The molecular weight excluding hydrogens is 556 g/mol. The van der Waals surface area contributed by atoms with E-state index >= 15 is 0 Å².